The average molecular weight is 298 g/mol. The summed E-state index contributed by atoms with van der Waals surface area (Å²) in [6.45, 7) is 2.17. The summed E-state index contributed by atoms with van der Waals surface area (Å²) in [4.78, 5) is 3.88. The highest BCUT2D eigenvalue weighted by Crippen LogP contribution is 2.26. The first kappa shape index (κ1) is 14.0. The van der Waals surface area contributed by atoms with Crippen molar-refractivity contribution in [2.75, 3.05) is 0 Å². The molecule has 19 heavy (non-hydrogen) atoms. The van der Waals surface area contributed by atoms with Crippen LogP contribution in [0.1, 0.15) is 25.3 Å². The minimum atomic E-state index is -0.000957. The first-order valence-corrected chi connectivity index (χ1v) is 6.77. The average Bonchev–Trinajstić information content (AvgIpc) is 2.42. The monoisotopic (exact) mass is 297 g/mol. The van der Waals surface area contributed by atoms with Gasteiger partial charge in [0.1, 0.15) is 5.75 Å². The van der Waals surface area contributed by atoms with Crippen molar-refractivity contribution >= 4 is 23.2 Å². The number of benzene rings is 1. The summed E-state index contributed by atoms with van der Waals surface area (Å²) < 4.78 is 5.52. The van der Waals surface area contributed by atoms with Gasteiger partial charge in [0.05, 0.1) is 0 Å². The van der Waals surface area contributed by atoms with Crippen molar-refractivity contribution < 1.29 is 4.74 Å². The Morgan fingerprint density at radius 3 is 2.53 bits per heavy atom. The molecule has 2 aromatic rings. The van der Waals surface area contributed by atoms with Crippen LogP contribution < -0.4 is 4.74 Å². The maximum absolute atomic E-state index is 5.83. The molecular formula is C13H13Cl2N3O. The van der Waals surface area contributed by atoms with Gasteiger partial charge in [0.2, 0.25) is 10.4 Å². The van der Waals surface area contributed by atoms with Gasteiger partial charge >= 0.3 is 0 Å². The van der Waals surface area contributed by atoms with Gasteiger partial charge in [0.15, 0.2) is 0 Å². The lowest BCUT2D eigenvalue weighted by Crippen LogP contribution is -1.95. The van der Waals surface area contributed by atoms with Crippen LogP contribution in [0.25, 0.3) is 0 Å². The molecule has 0 radical (unpaired) electrons. The Kier molecular flexibility index (Phi) is 4.93. The number of rotatable bonds is 5. The third-order valence-electron chi connectivity index (χ3n) is 2.55. The molecule has 0 unspecified atom stereocenters. The minimum absolute atomic E-state index is 0.000957. The maximum Gasteiger partial charge on any atom is 0.262 e. The number of halogens is 2. The Morgan fingerprint density at radius 1 is 1.11 bits per heavy atom. The summed E-state index contributed by atoms with van der Waals surface area (Å²) in [5.41, 5.74) is 1.28. The molecule has 0 saturated carbocycles. The highest BCUT2D eigenvalue weighted by molar-refractivity contribution is 6.31. The largest absolute Gasteiger partial charge is 0.436 e. The van der Waals surface area contributed by atoms with Gasteiger partial charge in [0.25, 0.3) is 5.88 Å². The molecule has 0 N–H and O–H groups in total. The first-order valence-electron chi connectivity index (χ1n) is 6.01. The molecule has 4 nitrogen and oxygen atoms in total. The van der Waals surface area contributed by atoms with Crippen molar-refractivity contribution in [2.45, 2.75) is 26.2 Å². The van der Waals surface area contributed by atoms with Crippen molar-refractivity contribution in [3.63, 3.8) is 0 Å². The Labute approximate surface area is 121 Å². The number of unbranched alkanes of at least 4 members (excludes halogenated alkanes) is 1. The van der Waals surface area contributed by atoms with Crippen LogP contribution in [0.2, 0.25) is 10.4 Å². The highest BCUT2D eigenvalue weighted by Gasteiger charge is 2.08. The normalized spacial score (nSPS) is 10.5. The third-order valence-corrected chi connectivity index (χ3v) is 2.94. The number of aryl methyl sites for hydroxylation is 1. The predicted octanol–water partition coefficient (Wildman–Crippen LogP) is 4.31. The molecular weight excluding hydrogens is 285 g/mol. The fourth-order valence-corrected chi connectivity index (χ4v) is 1.80. The van der Waals surface area contributed by atoms with Gasteiger partial charge in [-0.3, -0.25) is 0 Å². The molecule has 0 fully saturated rings. The lowest BCUT2D eigenvalue weighted by Gasteiger charge is -2.06. The molecule has 0 aliphatic rings. The molecule has 1 heterocycles. The zero-order valence-corrected chi connectivity index (χ0v) is 11.9. The van der Waals surface area contributed by atoms with Gasteiger partial charge < -0.3 is 4.74 Å². The molecule has 0 aliphatic heterocycles. The van der Waals surface area contributed by atoms with Crippen LogP contribution in [0.3, 0.4) is 0 Å². The number of aromatic nitrogens is 3. The summed E-state index contributed by atoms with van der Waals surface area (Å²) in [5.74, 6) is 0.793. The fraction of sp³-hybridized carbons (Fsp3) is 0.308. The van der Waals surface area contributed by atoms with E-state index in [0.717, 1.165) is 6.42 Å². The standard InChI is InChI=1S/C13H13Cl2N3O/c1-2-3-4-9-5-7-10(8-6-9)19-12-11(14)17-18-13(15)16-12/h5-8H,2-4H2,1H3. The summed E-state index contributed by atoms with van der Waals surface area (Å²) in [5, 5.41) is 7.23. The van der Waals surface area contributed by atoms with E-state index in [9.17, 15) is 0 Å². The zero-order valence-electron chi connectivity index (χ0n) is 10.4. The van der Waals surface area contributed by atoms with E-state index >= 15 is 0 Å². The Hall–Kier alpha value is -1.39. The molecule has 0 saturated heterocycles. The molecule has 1 aromatic carbocycles. The predicted molar refractivity (Wildman–Crippen MR) is 75.0 cm³/mol. The van der Waals surface area contributed by atoms with Gasteiger partial charge in [0, 0.05) is 0 Å². The molecule has 0 amide bonds. The number of ether oxygens (including phenoxy) is 1. The van der Waals surface area contributed by atoms with E-state index in [4.69, 9.17) is 27.9 Å². The Bertz CT molecular complexity index is 546. The van der Waals surface area contributed by atoms with Crippen molar-refractivity contribution in [3.05, 3.63) is 40.3 Å². The maximum atomic E-state index is 5.83. The van der Waals surface area contributed by atoms with Crippen molar-refractivity contribution in [2.24, 2.45) is 0 Å². The van der Waals surface area contributed by atoms with E-state index < -0.39 is 0 Å². The van der Waals surface area contributed by atoms with E-state index in [1.165, 1.54) is 18.4 Å². The van der Waals surface area contributed by atoms with Gasteiger partial charge in [-0.2, -0.15) is 4.98 Å². The molecule has 0 spiro atoms. The summed E-state index contributed by atoms with van der Waals surface area (Å²) in [7, 11) is 0. The van der Waals surface area contributed by atoms with Crippen LogP contribution in [0.4, 0.5) is 0 Å². The lowest BCUT2D eigenvalue weighted by atomic mass is 10.1. The quantitative estimate of drug-likeness (QED) is 0.825. The SMILES string of the molecule is CCCCc1ccc(Oc2nc(Cl)nnc2Cl)cc1. The summed E-state index contributed by atoms with van der Waals surface area (Å²) in [6.07, 6.45) is 3.43. The Morgan fingerprint density at radius 2 is 1.84 bits per heavy atom. The van der Waals surface area contributed by atoms with E-state index in [2.05, 4.69) is 22.1 Å². The van der Waals surface area contributed by atoms with Crippen LogP contribution >= 0.6 is 23.2 Å². The van der Waals surface area contributed by atoms with Crippen LogP contribution in [0, 0.1) is 0 Å². The number of nitrogens with zero attached hydrogens (tertiary/aromatic N) is 3. The van der Waals surface area contributed by atoms with E-state index in [1.54, 1.807) is 0 Å². The smallest absolute Gasteiger partial charge is 0.262 e. The lowest BCUT2D eigenvalue weighted by molar-refractivity contribution is 0.457. The second-order valence-electron chi connectivity index (χ2n) is 4.03. The second kappa shape index (κ2) is 6.68. The number of hydrogen-bond donors (Lipinski definition) is 0. The van der Waals surface area contributed by atoms with Crippen molar-refractivity contribution in [1.82, 2.24) is 15.2 Å². The van der Waals surface area contributed by atoms with Gasteiger partial charge in [-0.15, -0.1) is 10.2 Å². The zero-order chi connectivity index (χ0) is 13.7. The van der Waals surface area contributed by atoms with Crippen LogP contribution in [-0.4, -0.2) is 15.2 Å². The Balaban J connectivity index is 2.08. The van der Waals surface area contributed by atoms with Crippen LogP contribution in [-0.2, 0) is 6.42 Å². The van der Waals surface area contributed by atoms with E-state index in [-0.39, 0.29) is 16.3 Å². The minimum Gasteiger partial charge on any atom is -0.436 e. The highest BCUT2D eigenvalue weighted by atomic mass is 35.5. The van der Waals surface area contributed by atoms with Crippen LogP contribution in [0.5, 0.6) is 11.6 Å². The molecule has 1 aromatic heterocycles. The van der Waals surface area contributed by atoms with Crippen LogP contribution in [0.15, 0.2) is 24.3 Å². The van der Waals surface area contributed by atoms with Crippen molar-refractivity contribution in [1.29, 1.82) is 0 Å². The topological polar surface area (TPSA) is 47.9 Å². The number of hydrogen-bond acceptors (Lipinski definition) is 4. The molecule has 2 rings (SSSR count). The van der Waals surface area contributed by atoms with E-state index in [0.29, 0.717) is 5.75 Å². The fourth-order valence-electron chi connectivity index (χ4n) is 1.56. The van der Waals surface area contributed by atoms with Crippen molar-refractivity contribution in [3.8, 4) is 11.6 Å². The van der Waals surface area contributed by atoms with Gasteiger partial charge in [-0.1, -0.05) is 37.1 Å². The third kappa shape index (κ3) is 4.04. The molecule has 6 heteroatoms. The molecule has 100 valence electrons. The molecule has 0 atom stereocenters. The molecule has 0 bridgehead atoms. The first-order chi connectivity index (χ1) is 9.19. The van der Waals surface area contributed by atoms with Gasteiger partial charge in [-0.05, 0) is 42.1 Å². The summed E-state index contributed by atoms with van der Waals surface area (Å²) in [6, 6.07) is 7.79. The second-order valence-corrected chi connectivity index (χ2v) is 4.72. The summed E-state index contributed by atoms with van der Waals surface area (Å²) >= 11 is 11.5. The van der Waals surface area contributed by atoms with E-state index in [1.807, 2.05) is 24.3 Å². The van der Waals surface area contributed by atoms with Gasteiger partial charge in [-0.25, -0.2) is 0 Å². The molecule has 0 aliphatic carbocycles.